The number of amides is 1. The lowest BCUT2D eigenvalue weighted by molar-refractivity contribution is -0.155. The molecule has 1 aromatic carbocycles. The Morgan fingerprint density at radius 3 is 2.21 bits per heavy atom. The number of nitrogens with zero attached hydrogens (tertiary/aromatic N) is 1. The summed E-state index contributed by atoms with van der Waals surface area (Å²) in [5.41, 5.74) is -0.872. The van der Waals surface area contributed by atoms with E-state index in [1.165, 1.54) is 4.90 Å². The molecule has 1 saturated carbocycles. The maximum Gasteiger partial charge on any atom is 0.410 e. The molecule has 0 saturated heterocycles. The van der Waals surface area contributed by atoms with Gasteiger partial charge in [-0.1, -0.05) is 49.6 Å². The summed E-state index contributed by atoms with van der Waals surface area (Å²) >= 11 is 0. The molecule has 0 bridgehead atoms. The Kier molecular flexibility index (Phi) is 7.65. The molecule has 1 aliphatic rings. The van der Waals surface area contributed by atoms with E-state index >= 15 is 0 Å². The predicted molar refractivity (Wildman–Crippen MR) is 107 cm³/mol. The maximum atomic E-state index is 12.7. The molecule has 0 unspecified atom stereocenters. The summed E-state index contributed by atoms with van der Waals surface area (Å²) in [5, 5.41) is 9.64. The minimum Gasteiger partial charge on any atom is -0.481 e. The normalized spacial score (nSPS) is 16.0. The van der Waals surface area contributed by atoms with Gasteiger partial charge in [0.2, 0.25) is 0 Å². The number of rotatable bonds is 7. The number of carbonyl (C=O) groups is 3. The Hall–Kier alpha value is -2.57. The van der Waals surface area contributed by atoms with Gasteiger partial charge < -0.3 is 14.6 Å². The van der Waals surface area contributed by atoms with E-state index in [2.05, 4.69) is 0 Å². The van der Waals surface area contributed by atoms with E-state index in [-0.39, 0.29) is 19.8 Å². The number of ether oxygens (including phenoxy) is 2. The molecule has 1 fully saturated rings. The Morgan fingerprint density at radius 2 is 1.66 bits per heavy atom. The average molecular weight is 405 g/mol. The van der Waals surface area contributed by atoms with Gasteiger partial charge in [-0.05, 0) is 39.2 Å². The van der Waals surface area contributed by atoms with E-state index in [0.29, 0.717) is 12.8 Å². The van der Waals surface area contributed by atoms with E-state index in [9.17, 15) is 19.5 Å². The highest BCUT2D eigenvalue weighted by atomic mass is 16.6. The first-order valence-electron chi connectivity index (χ1n) is 10.0. The van der Waals surface area contributed by atoms with Crippen LogP contribution < -0.4 is 0 Å². The number of benzene rings is 1. The molecule has 1 aromatic rings. The summed E-state index contributed by atoms with van der Waals surface area (Å²) in [7, 11) is 0. The number of hydrogen-bond acceptors (Lipinski definition) is 5. The van der Waals surface area contributed by atoms with Crippen molar-refractivity contribution in [3.8, 4) is 0 Å². The number of esters is 1. The van der Waals surface area contributed by atoms with Crippen molar-refractivity contribution in [1.82, 2.24) is 4.90 Å². The molecule has 7 heteroatoms. The van der Waals surface area contributed by atoms with Crippen LogP contribution in [-0.2, 0) is 25.7 Å². The van der Waals surface area contributed by atoms with Gasteiger partial charge in [0, 0.05) is 5.54 Å². The lowest BCUT2D eigenvalue weighted by Crippen LogP contribution is -2.50. The first-order valence-corrected chi connectivity index (χ1v) is 10.0. The Balaban J connectivity index is 1.96. The van der Waals surface area contributed by atoms with Crippen molar-refractivity contribution >= 4 is 18.0 Å². The van der Waals surface area contributed by atoms with Crippen molar-refractivity contribution in [2.75, 3.05) is 13.2 Å². The summed E-state index contributed by atoms with van der Waals surface area (Å²) in [6, 6.07) is 9.27. The van der Waals surface area contributed by atoms with E-state index < -0.39 is 29.0 Å². The molecule has 1 aliphatic carbocycles. The van der Waals surface area contributed by atoms with Gasteiger partial charge in [0.25, 0.3) is 0 Å². The zero-order chi connectivity index (χ0) is 21.5. The fourth-order valence-electron chi connectivity index (χ4n) is 3.41. The van der Waals surface area contributed by atoms with E-state index in [0.717, 1.165) is 24.8 Å². The van der Waals surface area contributed by atoms with Crippen LogP contribution in [0.15, 0.2) is 30.3 Å². The highest BCUT2D eigenvalue weighted by molar-refractivity contribution is 5.79. The van der Waals surface area contributed by atoms with Gasteiger partial charge in [0.1, 0.15) is 25.2 Å². The van der Waals surface area contributed by atoms with Crippen LogP contribution in [0.2, 0.25) is 0 Å². The number of aliphatic carboxylic acids is 1. The SMILES string of the molecule is CC(C)(C)N(CC(=O)OCc1ccccc1)C(=O)OCC1(C(=O)O)CCCCC1. The Morgan fingerprint density at radius 1 is 1.03 bits per heavy atom. The van der Waals surface area contributed by atoms with Crippen molar-refractivity contribution in [3.05, 3.63) is 35.9 Å². The van der Waals surface area contributed by atoms with Crippen LogP contribution in [0.3, 0.4) is 0 Å². The highest BCUT2D eigenvalue weighted by Gasteiger charge is 2.42. The number of hydrogen-bond donors (Lipinski definition) is 1. The van der Waals surface area contributed by atoms with Gasteiger partial charge in [-0.2, -0.15) is 0 Å². The molecule has 1 N–H and O–H groups in total. The third kappa shape index (κ3) is 6.48. The largest absolute Gasteiger partial charge is 0.481 e. The standard InChI is InChI=1S/C22H31NO6/c1-21(2,3)23(14-18(24)28-15-17-10-6-4-7-11-17)20(27)29-16-22(19(25)26)12-8-5-9-13-22/h4,6-7,10-11H,5,8-9,12-16H2,1-3H3,(H,25,26). The number of carboxylic acid groups (broad SMARTS) is 1. The van der Waals surface area contributed by atoms with Crippen molar-refractivity contribution in [3.63, 3.8) is 0 Å². The third-order valence-electron chi connectivity index (χ3n) is 5.30. The predicted octanol–water partition coefficient (Wildman–Crippen LogP) is 4.00. The Labute approximate surface area is 172 Å². The molecule has 0 heterocycles. The molecule has 0 aliphatic heterocycles. The molecule has 29 heavy (non-hydrogen) atoms. The van der Waals surface area contributed by atoms with Crippen LogP contribution in [0.1, 0.15) is 58.4 Å². The fourth-order valence-corrected chi connectivity index (χ4v) is 3.41. The van der Waals surface area contributed by atoms with Crippen molar-refractivity contribution in [2.45, 2.75) is 65.0 Å². The van der Waals surface area contributed by atoms with Gasteiger partial charge in [-0.25, -0.2) is 4.79 Å². The van der Waals surface area contributed by atoms with E-state index in [4.69, 9.17) is 9.47 Å². The molecule has 0 aromatic heterocycles. The first kappa shape index (κ1) is 22.7. The van der Waals surface area contributed by atoms with E-state index in [1.807, 2.05) is 30.3 Å². The lowest BCUT2D eigenvalue weighted by Gasteiger charge is -2.36. The third-order valence-corrected chi connectivity index (χ3v) is 5.30. The van der Waals surface area contributed by atoms with Crippen LogP contribution in [0.25, 0.3) is 0 Å². The minimum atomic E-state index is -1.04. The van der Waals surface area contributed by atoms with Crippen molar-refractivity contribution < 1.29 is 29.0 Å². The zero-order valence-electron chi connectivity index (χ0n) is 17.5. The van der Waals surface area contributed by atoms with Gasteiger partial charge in [-0.3, -0.25) is 14.5 Å². The van der Waals surface area contributed by atoms with Crippen LogP contribution in [0.4, 0.5) is 4.79 Å². The monoisotopic (exact) mass is 405 g/mol. The molecule has 1 amide bonds. The smallest absolute Gasteiger partial charge is 0.410 e. The molecule has 0 atom stereocenters. The summed E-state index contributed by atoms with van der Waals surface area (Å²) in [5.74, 6) is -1.49. The molecule has 0 spiro atoms. The minimum absolute atomic E-state index is 0.120. The van der Waals surface area contributed by atoms with Crippen LogP contribution in [-0.4, -0.2) is 46.7 Å². The number of carboxylic acids is 1. The summed E-state index contributed by atoms with van der Waals surface area (Å²) in [4.78, 5) is 38.1. The molecule has 160 valence electrons. The van der Waals surface area contributed by atoms with Crippen molar-refractivity contribution in [2.24, 2.45) is 5.41 Å². The number of carbonyl (C=O) groups excluding carboxylic acids is 2. The Bertz CT molecular complexity index is 704. The molecular weight excluding hydrogens is 374 g/mol. The molecular formula is C22H31NO6. The molecule has 0 radical (unpaired) electrons. The topological polar surface area (TPSA) is 93.1 Å². The fraction of sp³-hybridized carbons (Fsp3) is 0.591. The average Bonchev–Trinajstić information content (AvgIpc) is 2.69. The molecule has 2 rings (SSSR count). The molecule has 7 nitrogen and oxygen atoms in total. The van der Waals surface area contributed by atoms with Gasteiger partial charge in [-0.15, -0.1) is 0 Å². The first-order chi connectivity index (χ1) is 13.6. The quantitative estimate of drug-likeness (QED) is 0.689. The van der Waals surface area contributed by atoms with Gasteiger partial charge in [0.15, 0.2) is 0 Å². The van der Waals surface area contributed by atoms with Gasteiger partial charge >= 0.3 is 18.0 Å². The van der Waals surface area contributed by atoms with Gasteiger partial charge in [0.05, 0.1) is 0 Å². The van der Waals surface area contributed by atoms with Crippen LogP contribution in [0, 0.1) is 5.41 Å². The summed E-state index contributed by atoms with van der Waals surface area (Å²) in [6.07, 6.45) is 2.87. The summed E-state index contributed by atoms with van der Waals surface area (Å²) in [6.45, 7) is 5.02. The van der Waals surface area contributed by atoms with E-state index in [1.54, 1.807) is 20.8 Å². The maximum absolute atomic E-state index is 12.7. The second-order valence-corrected chi connectivity index (χ2v) is 8.60. The highest BCUT2D eigenvalue weighted by Crippen LogP contribution is 2.37. The van der Waals surface area contributed by atoms with Crippen LogP contribution >= 0.6 is 0 Å². The summed E-state index contributed by atoms with van der Waals surface area (Å²) < 4.78 is 10.7. The lowest BCUT2D eigenvalue weighted by atomic mass is 9.75. The zero-order valence-corrected chi connectivity index (χ0v) is 17.5. The van der Waals surface area contributed by atoms with Crippen molar-refractivity contribution in [1.29, 1.82) is 0 Å². The second-order valence-electron chi connectivity index (χ2n) is 8.60. The van der Waals surface area contributed by atoms with Crippen LogP contribution in [0.5, 0.6) is 0 Å². The second kappa shape index (κ2) is 9.76.